The molecule has 3 N–H and O–H groups in total. The number of carbonyl (C=O) groups excluding carboxylic acids is 1. The quantitative estimate of drug-likeness (QED) is 0.625. The number of hydrogen-bond acceptors (Lipinski definition) is 2. The van der Waals surface area contributed by atoms with E-state index in [2.05, 4.69) is 65.6 Å². The number of amides is 2. The maximum absolute atomic E-state index is 12.2. The molecular weight excluding hydrogens is 336 g/mol. The molecule has 3 rings (SSSR count). The SMILES string of the molecule is CC(NC(=O)NCCc1nc2ccccc2[nH]1)c1ccc(C(C)(C)C)cc1. The number of fused-ring (bicyclic) bond motifs is 1. The van der Waals surface area contributed by atoms with Gasteiger partial charge in [0.2, 0.25) is 0 Å². The summed E-state index contributed by atoms with van der Waals surface area (Å²) in [5.41, 5.74) is 4.47. The summed E-state index contributed by atoms with van der Waals surface area (Å²) in [4.78, 5) is 20.0. The average Bonchev–Trinajstić information content (AvgIpc) is 3.03. The Kier molecular flexibility index (Phi) is 5.49. The fraction of sp³-hybridized carbons (Fsp3) is 0.364. The van der Waals surface area contributed by atoms with Crippen molar-refractivity contribution in [3.05, 3.63) is 65.5 Å². The Morgan fingerprint density at radius 1 is 1.11 bits per heavy atom. The number of nitrogens with one attached hydrogen (secondary N) is 3. The van der Waals surface area contributed by atoms with Crippen LogP contribution in [0.15, 0.2) is 48.5 Å². The standard InChI is InChI=1S/C22H28N4O/c1-15(16-9-11-17(12-10-16)22(2,3)4)24-21(27)23-14-13-20-25-18-7-5-6-8-19(18)26-20/h5-12,15H,13-14H2,1-4H3,(H,25,26)(H2,23,24,27). The third-order valence-electron chi connectivity index (χ3n) is 4.71. The second-order valence-electron chi connectivity index (χ2n) is 7.94. The highest BCUT2D eigenvalue weighted by molar-refractivity contribution is 5.75. The number of imidazole rings is 1. The van der Waals surface area contributed by atoms with Gasteiger partial charge in [0.15, 0.2) is 0 Å². The smallest absolute Gasteiger partial charge is 0.315 e. The number of H-pyrrole nitrogens is 1. The Morgan fingerprint density at radius 3 is 2.48 bits per heavy atom. The molecule has 1 heterocycles. The van der Waals surface area contributed by atoms with E-state index in [-0.39, 0.29) is 17.5 Å². The molecule has 142 valence electrons. The van der Waals surface area contributed by atoms with Gasteiger partial charge in [-0.05, 0) is 35.6 Å². The fourth-order valence-electron chi connectivity index (χ4n) is 3.02. The fourth-order valence-corrected chi connectivity index (χ4v) is 3.02. The van der Waals surface area contributed by atoms with Gasteiger partial charge in [-0.15, -0.1) is 0 Å². The molecule has 0 aliphatic rings. The Morgan fingerprint density at radius 2 is 1.81 bits per heavy atom. The molecule has 0 saturated heterocycles. The molecule has 1 aromatic heterocycles. The van der Waals surface area contributed by atoms with Gasteiger partial charge >= 0.3 is 6.03 Å². The van der Waals surface area contributed by atoms with Crippen molar-refractivity contribution >= 4 is 17.1 Å². The van der Waals surface area contributed by atoms with E-state index in [1.165, 1.54) is 5.56 Å². The molecule has 0 saturated carbocycles. The van der Waals surface area contributed by atoms with Crippen molar-refractivity contribution in [2.75, 3.05) is 6.54 Å². The molecule has 1 unspecified atom stereocenters. The number of hydrogen-bond donors (Lipinski definition) is 3. The number of nitrogens with zero attached hydrogens (tertiary/aromatic N) is 1. The molecule has 1 atom stereocenters. The van der Waals surface area contributed by atoms with Gasteiger partial charge in [-0.3, -0.25) is 0 Å². The Bertz CT molecular complexity index is 873. The first-order valence-electron chi connectivity index (χ1n) is 9.41. The van der Waals surface area contributed by atoms with Crippen molar-refractivity contribution in [1.82, 2.24) is 20.6 Å². The lowest BCUT2D eigenvalue weighted by Crippen LogP contribution is -2.38. The summed E-state index contributed by atoms with van der Waals surface area (Å²) in [6.07, 6.45) is 0.663. The molecule has 2 amide bonds. The summed E-state index contributed by atoms with van der Waals surface area (Å²) >= 11 is 0. The molecule has 0 aliphatic carbocycles. The first-order chi connectivity index (χ1) is 12.8. The highest BCUT2D eigenvalue weighted by Gasteiger charge is 2.15. The van der Waals surface area contributed by atoms with Gasteiger partial charge in [-0.2, -0.15) is 0 Å². The van der Waals surface area contributed by atoms with E-state index in [1.807, 2.05) is 31.2 Å². The highest BCUT2D eigenvalue weighted by atomic mass is 16.2. The van der Waals surface area contributed by atoms with Crippen LogP contribution in [0, 0.1) is 0 Å². The van der Waals surface area contributed by atoms with E-state index in [0.29, 0.717) is 13.0 Å². The lowest BCUT2D eigenvalue weighted by Gasteiger charge is -2.20. The minimum atomic E-state index is -0.168. The van der Waals surface area contributed by atoms with Gasteiger partial charge in [-0.25, -0.2) is 9.78 Å². The van der Waals surface area contributed by atoms with Gasteiger partial charge in [-0.1, -0.05) is 57.2 Å². The number of para-hydroxylation sites is 2. The largest absolute Gasteiger partial charge is 0.342 e. The van der Waals surface area contributed by atoms with E-state index in [0.717, 1.165) is 22.4 Å². The zero-order valence-electron chi connectivity index (χ0n) is 16.5. The van der Waals surface area contributed by atoms with Crippen molar-refractivity contribution in [2.24, 2.45) is 0 Å². The van der Waals surface area contributed by atoms with Gasteiger partial charge in [0.05, 0.1) is 17.1 Å². The Balaban J connectivity index is 1.48. The summed E-state index contributed by atoms with van der Waals surface area (Å²) in [5, 5.41) is 5.89. The van der Waals surface area contributed by atoms with Crippen LogP contribution in [0.25, 0.3) is 11.0 Å². The van der Waals surface area contributed by atoms with Gasteiger partial charge < -0.3 is 15.6 Å². The third-order valence-corrected chi connectivity index (χ3v) is 4.71. The van der Waals surface area contributed by atoms with Crippen LogP contribution in [0.1, 0.15) is 50.7 Å². The van der Waals surface area contributed by atoms with Crippen LogP contribution < -0.4 is 10.6 Å². The van der Waals surface area contributed by atoms with Crippen molar-refractivity contribution in [3.63, 3.8) is 0 Å². The molecule has 0 spiro atoms. The minimum Gasteiger partial charge on any atom is -0.342 e. The molecule has 5 heteroatoms. The van der Waals surface area contributed by atoms with E-state index in [9.17, 15) is 4.79 Å². The minimum absolute atomic E-state index is 0.0507. The predicted octanol–water partition coefficient (Wildman–Crippen LogP) is 4.46. The number of aromatic nitrogens is 2. The molecule has 0 fully saturated rings. The Hall–Kier alpha value is -2.82. The van der Waals surface area contributed by atoms with E-state index in [4.69, 9.17) is 0 Å². The molecule has 0 radical (unpaired) electrons. The zero-order chi connectivity index (χ0) is 19.4. The second-order valence-corrected chi connectivity index (χ2v) is 7.94. The van der Waals surface area contributed by atoms with Gasteiger partial charge in [0, 0.05) is 13.0 Å². The zero-order valence-corrected chi connectivity index (χ0v) is 16.5. The monoisotopic (exact) mass is 364 g/mol. The van der Waals surface area contributed by atoms with Crippen LogP contribution in [0.2, 0.25) is 0 Å². The first-order valence-corrected chi connectivity index (χ1v) is 9.41. The first kappa shape index (κ1) is 19.0. The summed E-state index contributed by atoms with van der Waals surface area (Å²) in [7, 11) is 0. The van der Waals surface area contributed by atoms with E-state index in [1.54, 1.807) is 0 Å². The van der Waals surface area contributed by atoms with Crippen LogP contribution in [0.3, 0.4) is 0 Å². The average molecular weight is 364 g/mol. The summed E-state index contributed by atoms with van der Waals surface area (Å²) in [6, 6.07) is 16.1. The molecule has 2 aromatic carbocycles. The lowest BCUT2D eigenvalue weighted by atomic mass is 9.86. The lowest BCUT2D eigenvalue weighted by molar-refractivity contribution is 0.238. The maximum atomic E-state index is 12.2. The number of rotatable bonds is 5. The third kappa shape index (κ3) is 4.88. The summed E-state index contributed by atoms with van der Waals surface area (Å²) in [5.74, 6) is 0.877. The second kappa shape index (κ2) is 7.82. The van der Waals surface area contributed by atoms with Gasteiger partial charge in [0.1, 0.15) is 5.82 Å². The van der Waals surface area contributed by atoms with Crippen molar-refractivity contribution in [1.29, 1.82) is 0 Å². The molecule has 3 aromatic rings. The van der Waals surface area contributed by atoms with Crippen molar-refractivity contribution in [3.8, 4) is 0 Å². The number of aromatic amines is 1. The molecule has 0 bridgehead atoms. The van der Waals surface area contributed by atoms with Crippen LogP contribution in [-0.4, -0.2) is 22.5 Å². The van der Waals surface area contributed by atoms with Crippen LogP contribution in [0.4, 0.5) is 4.79 Å². The normalized spacial score (nSPS) is 12.7. The number of urea groups is 1. The summed E-state index contributed by atoms with van der Waals surface area (Å²) in [6.45, 7) is 9.10. The predicted molar refractivity (Wildman–Crippen MR) is 110 cm³/mol. The van der Waals surface area contributed by atoms with Crippen LogP contribution in [-0.2, 0) is 11.8 Å². The van der Waals surface area contributed by atoms with Gasteiger partial charge in [0.25, 0.3) is 0 Å². The Labute approximate surface area is 160 Å². The topological polar surface area (TPSA) is 69.8 Å². The molecule has 27 heavy (non-hydrogen) atoms. The highest BCUT2D eigenvalue weighted by Crippen LogP contribution is 2.23. The van der Waals surface area contributed by atoms with Crippen molar-refractivity contribution in [2.45, 2.75) is 45.6 Å². The summed E-state index contributed by atoms with van der Waals surface area (Å²) < 4.78 is 0. The molecule has 5 nitrogen and oxygen atoms in total. The van der Waals surface area contributed by atoms with E-state index < -0.39 is 0 Å². The molecule has 0 aliphatic heterocycles. The van der Waals surface area contributed by atoms with Crippen LogP contribution >= 0.6 is 0 Å². The maximum Gasteiger partial charge on any atom is 0.315 e. The number of benzene rings is 2. The van der Waals surface area contributed by atoms with E-state index >= 15 is 0 Å². The van der Waals surface area contributed by atoms with Crippen LogP contribution in [0.5, 0.6) is 0 Å². The number of carbonyl (C=O) groups is 1. The van der Waals surface area contributed by atoms with Crippen molar-refractivity contribution < 1.29 is 4.79 Å². The molecular formula is C22H28N4O.